The summed E-state index contributed by atoms with van der Waals surface area (Å²) in [5.74, 6) is 0.334. The summed E-state index contributed by atoms with van der Waals surface area (Å²) in [6.07, 6.45) is 0. The van der Waals surface area contributed by atoms with E-state index in [1.807, 2.05) is 24.3 Å². The van der Waals surface area contributed by atoms with E-state index in [2.05, 4.69) is 6.07 Å². The molecule has 0 radical (unpaired) electrons. The number of methoxy groups -OCH3 is 1. The Labute approximate surface area is 123 Å². The zero-order chi connectivity index (χ0) is 15.2. The van der Waals surface area contributed by atoms with Crippen molar-refractivity contribution in [1.29, 1.82) is 5.26 Å². The third-order valence-corrected chi connectivity index (χ3v) is 3.05. The Hall–Kier alpha value is -2.80. The molecule has 0 heterocycles. The van der Waals surface area contributed by atoms with E-state index in [9.17, 15) is 4.79 Å². The van der Waals surface area contributed by atoms with Gasteiger partial charge in [-0.05, 0) is 48.4 Å². The molecule has 0 amide bonds. The lowest BCUT2D eigenvalue weighted by Crippen LogP contribution is -2.06. The lowest BCUT2D eigenvalue weighted by molar-refractivity contribution is 0.0527. The van der Waals surface area contributed by atoms with Gasteiger partial charge in [-0.3, -0.25) is 0 Å². The molecule has 4 heteroatoms. The van der Waals surface area contributed by atoms with Crippen LogP contribution in [0, 0.1) is 11.3 Å². The van der Waals surface area contributed by atoms with E-state index < -0.39 is 5.97 Å². The number of hydrogen-bond donors (Lipinski definition) is 0. The van der Waals surface area contributed by atoms with Gasteiger partial charge in [-0.15, -0.1) is 0 Å². The van der Waals surface area contributed by atoms with Crippen LogP contribution in [0.25, 0.3) is 11.1 Å². The highest BCUT2D eigenvalue weighted by molar-refractivity contribution is 5.97. The molecule has 0 atom stereocenters. The van der Waals surface area contributed by atoms with Gasteiger partial charge in [0.15, 0.2) is 0 Å². The van der Waals surface area contributed by atoms with Gasteiger partial charge >= 0.3 is 5.97 Å². The molecule has 0 spiro atoms. The highest BCUT2D eigenvalue weighted by atomic mass is 16.5. The monoisotopic (exact) mass is 281 g/mol. The molecule has 0 aliphatic carbocycles. The number of nitriles is 1. The van der Waals surface area contributed by atoms with E-state index in [-0.39, 0.29) is 0 Å². The molecule has 0 aliphatic heterocycles. The maximum absolute atomic E-state index is 12.0. The minimum absolute atomic E-state index is 0.306. The fourth-order valence-corrected chi connectivity index (χ4v) is 2.01. The SMILES string of the molecule is CCOC(=O)c1ccc(C#N)cc1-c1ccc(OC)cc1. The smallest absolute Gasteiger partial charge is 0.338 e. The van der Waals surface area contributed by atoms with Gasteiger partial charge in [0.2, 0.25) is 0 Å². The molecule has 0 saturated heterocycles. The summed E-state index contributed by atoms with van der Waals surface area (Å²) >= 11 is 0. The Balaban J connectivity index is 2.52. The van der Waals surface area contributed by atoms with Crippen molar-refractivity contribution < 1.29 is 14.3 Å². The second kappa shape index (κ2) is 6.58. The second-order valence-corrected chi connectivity index (χ2v) is 4.32. The molecule has 0 aliphatic rings. The third kappa shape index (κ3) is 3.21. The first kappa shape index (κ1) is 14.6. The molecule has 21 heavy (non-hydrogen) atoms. The number of carbonyl (C=O) groups is 1. The Morgan fingerprint density at radius 1 is 1.19 bits per heavy atom. The van der Waals surface area contributed by atoms with Crippen LogP contribution in [0.3, 0.4) is 0 Å². The largest absolute Gasteiger partial charge is 0.497 e. The molecule has 2 aromatic carbocycles. The zero-order valence-corrected chi connectivity index (χ0v) is 11.9. The molecule has 4 nitrogen and oxygen atoms in total. The Morgan fingerprint density at radius 2 is 1.90 bits per heavy atom. The molecule has 106 valence electrons. The number of esters is 1. The lowest BCUT2D eigenvalue weighted by Gasteiger charge is -2.10. The molecule has 0 bridgehead atoms. The van der Waals surface area contributed by atoms with Gasteiger partial charge in [-0.1, -0.05) is 12.1 Å². The fourth-order valence-electron chi connectivity index (χ4n) is 2.01. The van der Waals surface area contributed by atoms with Crippen molar-refractivity contribution in [3.05, 3.63) is 53.6 Å². The van der Waals surface area contributed by atoms with Crippen LogP contribution in [-0.2, 0) is 4.74 Å². The highest BCUT2D eigenvalue weighted by Gasteiger charge is 2.14. The molecule has 0 aromatic heterocycles. The van der Waals surface area contributed by atoms with Crippen molar-refractivity contribution in [1.82, 2.24) is 0 Å². The van der Waals surface area contributed by atoms with Crippen molar-refractivity contribution in [3.63, 3.8) is 0 Å². The first-order chi connectivity index (χ1) is 10.2. The lowest BCUT2D eigenvalue weighted by atomic mass is 9.97. The summed E-state index contributed by atoms with van der Waals surface area (Å²) in [6.45, 7) is 2.06. The van der Waals surface area contributed by atoms with E-state index in [1.54, 1.807) is 32.2 Å². The fraction of sp³-hybridized carbons (Fsp3) is 0.176. The van der Waals surface area contributed by atoms with Crippen LogP contribution in [0.1, 0.15) is 22.8 Å². The number of ether oxygens (including phenoxy) is 2. The van der Waals surface area contributed by atoms with Gasteiger partial charge in [0, 0.05) is 0 Å². The average Bonchev–Trinajstić information content (AvgIpc) is 2.54. The third-order valence-electron chi connectivity index (χ3n) is 3.05. The van der Waals surface area contributed by atoms with Crippen LogP contribution >= 0.6 is 0 Å². The van der Waals surface area contributed by atoms with E-state index in [0.29, 0.717) is 23.3 Å². The quantitative estimate of drug-likeness (QED) is 0.806. The van der Waals surface area contributed by atoms with Gasteiger partial charge in [0.25, 0.3) is 0 Å². The molecule has 2 rings (SSSR count). The maximum atomic E-state index is 12.0. The minimum atomic E-state index is -0.396. The number of hydrogen-bond acceptors (Lipinski definition) is 4. The van der Waals surface area contributed by atoms with Crippen LogP contribution in [-0.4, -0.2) is 19.7 Å². The topological polar surface area (TPSA) is 59.3 Å². The van der Waals surface area contributed by atoms with Crippen LogP contribution in [0.2, 0.25) is 0 Å². The van der Waals surface area contributed by atoms with Crippen LogP contribution in [0.5, 0.6) is 5.75 Å². The minimum Gasteiger partial charge on any atom is -0.497 e. The van der Waals surface area contributed by atoms with Gasteiger partial charge in [-0.2, -0.15) is 5.26 Å². The summed E-state index contributed by atoms with van der Waals surface area (Å²) in [7, 11) is 1.59. The molecule has 2 aromatic rings. The first-order valence-corrected chi connectivity index (χ1v) is 6.55. The summed E-state index contributed by atoms with van der Waals surface area (Å²) in [6, 6.07) is 14.3. The molecule has 0 N–H and O–H groups in total. The van der Waals surface area contributed by atoms with Crippen molar-refractivity contribution in [2.45, 2.75) is 6.92 Å². The summed E-state index contributed by atoms with van der Waals surface area (Å²) in [5, 5.41) is 9.04. The molecular weight excluding hydrogens is 266 g/mol. The molecular formula is C17H15NO3. The summed E-state index contributed by atoms with van der Waals surface area (Å²) in [5.41, 5.74) is 2.45. The number of rotatable bonds is 4. The van der Waals surface area contributed by atoms with Crippen LogP contribution in [0.4, 0.5) is 0 Å². The van der Waals surface area contributed by atoms with Gasteiger partial charge in [-0.25, -0.2) is 4.79 Å². The Bertz CT molecular complexity index is 684. The highest BCUT2D eigenvalue weighted by Crippen LogP contribution is 2.27. The second-order valence-electron chi connectivity index (χ2n) is 4.32. The van der Waals surface area contributed by atoms with Gasteiger partial charge in [0.05, 0.1) is 30.9 Å². The molecule has 0 fully saturated rings. The summed E-state index contributed by atoms with van der Waals surface area (Å²) in [4.78, 5) is 12.0. The van der Waals surface area contributed by atoms with Crippen molar-refractivity contribution >= 4 is 5.97 Å². The van der Waals surface area contributed by atoms with E-state index >= 15 is 0 Å². The van der Waals surface area contributed by atoms with Crippen molar-refractivity contribution in [2.24, 2.45) is 0 Å². The standard InChI is InChI=1S/C17H15NO3/c1-3-21-17(19)15-9-4-12(11-18)10-16(15)13-5-7-14(20-2)8-6-13/h4-10H,3H2,1-2H3. The predicted octanol–water partition coefficient (Wildman–Crippen LogP) is 3.41. The van der Waals surface area contributed by atoms with Crippen LogP contribution in [0.15, 0.2) is 42.5 Å². The van der Waals surface area contributed by atoms with E-state index in [4.69, 9.17) is 14.7 Å². The zero-order valence-electron chi connectivity index (χ0n) is 11.9. The van der Waals surface area contributed by atoms with E-state index in [1.165, 1.54) is 0 Å². The molecule has 0 saturated carbocycles. The number of nitrogens with zero attached hydrogens (tertiary/aromatic N) is 1. The van der Waals surface area contributed by atoms with Gasteiger partial charge < -0.3 is 9.47 Å². The maximum Gasteiger partial charge on any atom is 0.338 e. The summed E-state index contributed by atoms with van der Waals surface area (Å²) < 4.78 is 10.2. The van der Waals surface area contributed by atoms with Crippen molar-refractivity contribution in [2.75, 3.05) is 13.7 Å². The van der Waals surface area contributed by atoms with Gasteiger partial charge in [0.1, 0.15) is 5.75 Å². The average molecular weight is 281 g/mol. The Morgan fingerprint density at radius 3 is 2.48 bits per heavy atom. The molecule has 0 unspecified atom stereocenters. The van der Waals surface area contributed by atoms with Crippen LogP contribution < -0.4 is 4.74 Å². The van der Waals surface area contributed by atoms with Crippen molar-refractivity contribution in [3.8, 4) is 22.9 Å². The Kier molecular flexibility index (Phi) is 4.57. The van der Waals surface area contributed by atoms with E-state index in [0.717, 1.165) is 11.3 Å². The normalized spacial score (nSPS) is 9.76. The first-order valence-electron chi connectivity index (χ1n) is 6.55. The number of carbonyl (C=O) groups excluding carboxylic acids is 1. The predicted molar refractivity (Wildman–Crippen MR) is 79.1 cm³/mol. The number of benzene rings is 2.